The van der Waals surface area contributed by atoms with E-state index in [-0.39, 0.29) is 11.8 Å². The molecule has 7 heteroatoms. The number of rotatable bonds is 5. The number of methoxy groups -OCH3 is 1. The topological polar surface area (TPSA) is 85.2 Å². The highest BCUT2D eigenvalue weighted by atomic mass is 16.5. The number of aromatic nitrogens is 2. The summed E-state index contributed by atoms with van der Waals surface area (Å²) in [4.78, 5) is 28.8. The van der Waals surface area contributed by atoms with Crippen LogP contribution in [0.1, 0.15) is 26.4 Å². The molecule has 1 aromatic heterocycles. The van der Waals surface area contributed by atoms with Crippen LogP contribution in [0.5, 0.6) is 5.75 Å². The number of anilines is 2. The van der Waals surface area contributed by atoms with Crippen molar-refractivity contribution in [2.75, 3.05) is 17.7 Å². The summed E-state index contributed by atoms with van der Waals surface area (Å²) < 4.78 is 6.73. The van der Waals surface area contributed by atoms with Crippen molar-refractivity contribution in [2.45, 2.75) is 6.92 Å². The molecule has 7 nitrogen and oxygen atoms in total. The Kier molecular flexibility index (Phi) is 5.21. The molecule has 0 radical (unpaired) electrons. The largest absolute Gasteiger partial charge is 0.497 e. The van der Waals surface area contributed by atoms with Gasteiger partial charge < -0.3 is 19.9 Å². The Morgan fingerprint density at radius 3 is 2.41 bits per heavy atom. The molecule has 0 aliphatic heterocycles. The van der Waals surface area contributed by atoms with Crippen LogP contribution in [0.15, 0.2) is 55.0 Å². The van der Waals surface area contributed by atoms with Crippen LogP contribution < -0.4 is 15.4 Å². The van der Waals surface area contributed by atoms with Crippen LogP contribution in [0, 0.1) is 6.92 Å². The number of nitrogens with zero attached hydrogens (tertiary/aromatic N) is 2. The summed E-state index contributed by atoms with van der Waals surface area (Å²) in [5.74, 6) is 0.171. The molecule has 0 unspecified atom stereocenters. The molecule has 138 valence electrons. The van der Waals surface area contributed by atoms with Gasteiger partial charge in [-0.25, -0.2) is 4.98 Å². The van der Waals surface area contributed by atoms with Crippen molar-refractivity contribution in [3.8, 4) is 5.75 Å². The monoisotopic (exact) mass is 364 g/mol. The first-order valence-corrected chi connectivity index (χ1v) is 8.31. The molecule has 0 fully saturated rings. The van der Waals surface area contributed by atoms with Gasteiger partial charge in [0.2, 0.25) is 0 Å². The third-order valence-electron chi connectivity index (χ3n) is 4.15. The maximum absolute atomic E-state index is 12.4. The summed E-state index contributed by atoms with van der Waals surface area (Å²) in [5, 5.41) is 5.69. The predicted octanol–water partition coefficient (Wildman–Crippen LogP) is 3.24. The fourth-order valence-electron chi connectivity index (χ4n) is 2.54. The van der Waals surface area contributed by atoms with E-state index in [0.717, 1.165) is 5.56 Å². The van der Waals surface area contributed by atoms with Gasteiger partial charge in [-0.15, -0.1) is 0 Å². The van der Waals surface area contributed by atoms with Crippen molar-refractivity contribution >= 4 is 23.2 Å². The Labute approximate surface area is 157 Å². The second-order valence-corrected chi connectivity index (χ2v) is 6.06. The lowest BCUT2D eigenvalue weighted by Crippen LogP contribution is -2.17. The van der Waals surface area contributed by atoms with Gasteiger partial charge in [0, 0.05) is 24.0 Å². The molecular weight excluding hydrogens is 344 g/mol. The average Bonchev–Trinajstić information content (AvgIpc) is 3.10. The van der Waals surface area contributed by atoms with E-state index in [2.05, 4.69) is 15.6 Å². The number of carbonyl (C=O) groups excluding carboxylic acids is 2. The standard InChI is InChI=1S/C20H20N4O3/c1-13-4-7-15(22-19(25)14-5-8-16(27-3)9-6-14)10-17(13)23-20(26)18-11-21-12-24(18)2/h4-12H,1-3H3,(H,22,25)(H,23,26). The van der Waals surface area contributed by atoms with E-state index in [0.29, 0.717) is 28.4 Å². The van der Waals surface area contributed by atoms with Gasteiger partial charge in [0.15, 0.2) is 0 Å². The first kappa shape index (κ1) is 18.2. The number of aryl methyl sites for hydroxylation is 2. The van der Waals surface area contributed by atoms with Crippen LogP contribution in [0.25, 0.3) is 0 Å². The van der Waals surface area contributed by atoms with Crippen LogP contribution in [-0.4, -0.2) is 28.5 Å². The second kappa shape index (κ2) is 7.74. The molecule has 2 amide bonds. The molecule has 2 N–H and O–H groups in total. The number of nitrogens with one attached hydrogen (secondary N) is 2. The van der Waals surface area contributed by atoms with Gasteiger partial charge in [-0.2, -0.15) is 0 Å². The fourth-order valence-corrected chi connectivity index (χ4v) is 2.54. The highest BCUT2D eigenvalue weighted by molar-refractivity contribution is 6.06. The van der Waals surface area contributed by atoms with Crippen molar-refractivity contribution in [3.63, 3.8) is 0 Å². The number of carbonyl (C=O) groups is 2. The van der Waals surface area contributed by atoms with Gasteiger partial charge in [0.25, 0.3) is 11.8 Å². The Balaban J connectivity index is 1.75. The smallest absolute Gasteiger partial charge is 0.273 e. The molecule has 3 rings (SSSR count). The zero-order chi connectivity index (χ0) is 19.4. The zero-order valence-corrected chi connectivity index (χ0v) is 15.3. The van der Waals surface area contributed by atoms with Crippen molar-refractivity contribution in [2.24, 2.45) is 7.05 Å². The van der Waals surface area contributed by atoms with Gasteiger partial charge in [0.1, 0.15) is 11.4 Å². The van der Waals surface area contributed by atoms with E-state index < -0.39 is 0 Å². The Bertz CT molecular complexity index is 977. The molecule has 27 heavy (non-hydrogen) atoms. The molecule has 0 bridgehead atoms. The Morgan fingerprint density at radius 1 is 1.04 bits per heavy atom. The average molecular weight is 364 g/mol. The van der Waals surface area contributed by atoms with Crippen molar-refractivity contribution in [3.05, 3.63) is 71.8 Å². The third-order valence-corrected chi connectivity index (χ3v) is 4.15. The number of benzene rings is 2. The number of ether oxygens (including phenoxy) is 1. The molecule has 0 aliphatic carbocycles. The minimum atomic E-state index is -0.267. The number of imidazole rings is 1. The summed E-state index contributed by atoms with van der Waals surface area (Å²) in [7, 11) is 3.32. The molecule has 3 aromatic rings. The van der Waals surface area contributed by atoms with E-state index in [1.165, 1.54) is 6.20 Å². The van der Waals surface area contributed by atoms with Gasteiger partial charge >= 0.3 is 0 Å². The van der Waals surface area contributed by atoms with E-state index in [1.807, 2.05) is 13.0 Å². The summed E-state index contributed by atoms with van der Waals surface area (Å²) in [6, 6.07) is 12.2. The van der Waals surface area contributed by atoms with E-state index in [9.17, 15) is 9.59 Å². The summed E-state index contributed by atoms with van der Waals surface area (Å²) in [6.07, 6.45) is 3.06. The minimum Gasteiger partial charge on any atom is -0.497 e. The number of amides is 2. The van der Waals surface area contributed by atoms with Crippen molar-refractivity contribution in [1.29, 1.82) is 0 Å². The summed E-state index contributed by atoms with van der Waals surface area (Å²) in [5.41, 5.74) is 3.04. The van der Waals surface area contributed by atoms with Crippen LogP contribution >= 0.6 is 0 Å². The first-order valence-electron chi connectivity index (χ1n) is 8.31. The highest BCUT2D eigenvalue weighted by Gasteiger charge is 2.13. The van der Waals surface area contributed by atoms with Gasteiger partial charge in [-0.05, 0) is 48.9 Å². The van der Waals surface area contributed by atoms with Gasteiger partial charge in [-0.3, -0.25) is 9.59 Å². The molecular formula is C20H20N4O3. The van der Waals surface area contributed by atoms with Crippen molar-refractivity contribution < 1.29 is 14.3 Å². The fraction of sp³-hybridized carbons (Fsp3) is 0.150. The van der Waals surface area contributed by atoms with E-state index in [1.54, 1.807) is 61.5 Å². The summed E-state index contributed by atoms with van der Waals surface area (Å²) >= 11 is 0. The van der Waals surface area contributed by atoms with Crippen LogP contribution in [0.3, 0.4) is 0 Å². The lowest BCUT2D eigenvalue weighted by molar-refractivity contribution is 0.101. The second-order valence-electron chi connectivity index (χ2n) is 6.06. The zero-order valence-electron chi connectivity index (χ0n) is 15.3. The number of hydrogen-bond donors (Lipinski definition) is 2. The first-order chi connectivity index (χ1) is 13.0. The maximum atomic E-state index is 12.4. The normalized spacial score (nSPS) is 10.3. The molecule has 0 atom stereocenters. The quantitative estimate of drug-likeness (QED) is 0.728. The van der Waals surface area contributed by atoms with E-state index >= 15 is 0 Å². The number of hydrogen-bond acceptors (Lipinski definition) is 4. The molecule has 2 aromatic carbocycles. The predicted molar refractivity (Wildman–Crippen MR) is 103 cm³/mol. The molecule has 0 aliphatic rings. The highest BCUT2D eigenvalue weighted by Crippen LogP contribution is 2.22. The lowest BCUT2D eigenvalue weighted by atomic mass is 10.1. The molecule has 0 saturated carbocycles. The molecule has 0 spiro atoms. The Morgan fingerprint density at radius 2 is 1.78 bits per heavy atom. The molecule has 0 saturated heterocycles. The van der Waals surface area contributed by atoms with Crippen molar-refractivity contribution in [1.82, 2.24) is 9.55 Å². The van der Waals surface area contributed by atoms with Gasteiger partial charge in [0.05, 0.1) is 19.6 Å². The minimum absolute atomic E-state index is 0.245. The molecule has 1 heterocycles. The van der Waals surface area contributed by atoms with E-state index in [4.69, 9.17) is 4.74 Å². The van der Waals surface area contributed by atoms with Gasteiger partial charge in [-0.1, -0.05) is 6.07 Å². The SMILES string of the molecule is COc1ccc(C(=O)Nc2ccc(C)c(NC(=O)c3cncn3C)c2)cc1. The van der Waals surface area contributed by atoms with Crippen LogP contribution in [-0.2, 0) is 7.05 Å². The lowest BCUT2D eigenvalue weighted by Gasteiger charge is -2.12. The van der Waals surface area contributed by atoms with Crippen LogP contribution in [0.2, 0.25) is 0 Å². The van der Waals surface area contributed by atoms with Crippen LogP contribution in [0.4, 0.5) is 11.4 Å². The maximum Gasteiger partial charge on any atom is 0.273 e. The third kappa shape index (κ3) is 4.14. The summed E-state index contributed by atoms with van der Waals surface area (Å²) in [6.45, 7) is 1.88. The Hall–Kier alpha value is -3.61.